The van der Waals surface area contributed by atoms with E-state index in [4.69, 9.17) is 10.5 Å². The quantitative estimate of drug-likeness (QED) is 0.551. The van der Waals surface area contributed by atoms with E-state index in [1.165, 1.54) is 0 Å². The van der Waals surface area contributed by atoms with E-state index >= 15 is 0 Å². The Morgan fingerprint density at radius 2 is 2.20 bits per heavy atom. The van der Waals surface area contributed by atoms with Gasteiger partial charge in [-0.1, -0.05) is 0 Å². The maximum atomic E-state index is 10.5. The molecule has 0 heterocycles. The Balaban J connectivity index is 2.84. The Hall–Kier alpha value is 0.0700. The van der Waals surface area contributed by atoms with Gasteiger partial charge in [0, 0.05) is 29.4 Å². The van der Waals surface area contributed by atoms with Gasteiger partial charge in [-0.05, 0) is 13.0 Å². The lowest BCUT2D eigenvalue weighted by atomic mass is 10.5. The van der Waals surface area contributed by atoms with Crippen LogP contribution in [-0.4, -0.2) is 36.0 Å². The number of nitrogens with two attached hydrogens (primary N) is 1. The van der Waals surface area contributed by atoms with Crippen molar-refractivity contribution in [2.45, 2.75) is 6.42 Å². The van der Waals surface area contributed by atoms with Crippen molar-refractivity contribution in [3.63, 3.8) is 0 Å². The normalized spacial score (nSPS) is 13.4. The Morgan fingerprint density at radius 3 is 2.70 bits per heavy atom. The van der Waals surface area contributed by atoms with E-state index < -0.39 is 10.8 Å². The predicted molar refractivity (Wildman–Crippen MR) is 43.4 cm³/mol. The molecule has 1 unspecified atom stereocenters. The zero-order valence-corrected chi connectivity index (χ0v) is 7.15. The van der Waals surface area contributed by atoms with Crippen molar-refractivity contribution in [2.75, 3.05) is 31.8 Å². The third kappa shape index (κ3) is 8.07. The summed E-state index contributed by atoms with van der Waals surface area (Å²) in [7, 11) is -0.727. The second-order valence-corrected chi connectivity index (χ2v) is 3.59. The highest BCUT2D eigenvalue weighted by Crippen LogP contribution is 1.81. The lowest BCUT2D eigenvalue weighted by Crippen LogP contribution is -2.08. The molecule has 0 aromatic rings. The number of hydrogen-bond donors (Lipinski definition) is 1. The molecule has 0 aliphatic rings. The summed E-state index contributed by atoms with van der Waals surface area (Å²) < 4.78 is 15.6. The zero-order chi connectivity index (χ0) is 7.82. The van der Waals surface area contributed by atoms with E-state index in [2.05, 4.69) is 0 Å². The van der Waals surface area contributed by atoms with Crippen LogP contribution in [0.25, 0.3) is 0 Å². The van der Waals surface area contributed by atoms with Crippen LogP contribution >= 0.6 is 0 Å². The number of rotatable bonds is 6. The molecule has 0 aliphatic heterocycles. The Labute approximate surface area is 64.4 Å². The summed E-state index contributed by atoms with van der Waals surface area (Å²) in [6, 6.07) is 0. The third-order valence-electron chi connectivity index (χ3n) is 1.01. The molecule has 2 N–H and O–H groups in total. The van der Waals surface area contributed by atoms with E-state index in [0.29, 0.717) is 25.5 Å². The first-order valence-corrected chi connectivity index (χ1v) is 5.08. The van der Waals surface area contributed by atoms with Gasteiger partial charge < -0.3 is 10.5 Å². The summed E-state index contributed by atoms with van der Waals surface area (Å²) in [5.41, 5.74) is 5.23. The Bertz CT molecular complexity index is 97.7. The van der Waals surface area contributed by atoms with Gasteiger partial charge in [0.1, 0.15) is 0 Å². The van der Waals surface area contributed by atoms with Gasteiger partial charge in [-0.2, -0.15) is 0 Å². The van der Waals surface area contributed by atoms with Crippen molar-refractivity contribution in [3.8, 4) is 0 Å². The fraction of sp³-hybridized carbons (Fsp3) is 1.00. The molecular formula is C6H15NO2S. The highest BCUT2D eigenvalue weighted by molar-refractivity contribution is 7.84. The minimum Gasteiger partial charge on any atom is -0.380 e. The van der Waals surface area contributed by atoms with Crippen LogP contribution < -0.4 is 5.73 Å². The van der Waals surface area contributed by atoms with E-state index in [-0.39, 0.29) is 0 Å². The first-order valence-electron chi connectivity index (χ1n) is 3.35. The first kappa shape index (κ1) is 10.1. The van der Waals surface area contributed by atoms with Crippen molar-refractivity contribution in [3.05, 3.63) is 0 Å². The van der Waals surface area contributed by atoms with E-state index in [1.807, 2.05) is 0 Å². The van der Waals surface area contributed by atoms with Crippen LogP contribution in [0, 0.1) is 0 Å². The lowest BCUT2D eigenvalue weighted by molar-refractivity contribution is 0.148. The van der Waals surface area contributed by atoms with Crippen LogP contribution in [0.15, 0.2) is 0 Å². The Morgan fingerprint density at radius 1 is 1.50 bits per heavy atom. The van der Waals surface area contributed by atoms with Crippen molar-refractivity contribution >= 4 is 10.8 Å². The average Bonchev–Trinajstić information content (AvgIpc) is 1.87. The molecule has 0 saturated carbocycles. The largest absolute Gasteiger partial charge is 0.380 e. The zero-order valence-electron chi connectivity index (χ0n) is 6.34. The highest BCUT2D eigenvalue weighted by Gasteiger charge is 1.90. The molecule has 4 heteroatoms. The summed E-state index contributed by atoms with van der Waals surface area (Å²) in [4.78, 5) is 0. The summed E-state index contributed by atoms with van der Waals surface area (Å²) in [6.45, 7) is 1.94. The van der Waals surface area contributed by atoms with Gasteiger partial charge in [0.05, 0.1) is 6.61 Å². The molecule has 0 aliphatic carbocycles. The van der Waals surface area contributed by atoms with Gasteiger partial charge in [0.25, 0.3) is 0 Å². The van der Waals surface area contributed by atoms with Crippen molar-refractivity contribution in [2.24, 2.45) is 5.73 Å². The molecular weight excluding hydrogens is 150 g/mol. The smallest absolute Gasteiger partial charge is 0.0581 e. The minimum atomic E-state index is -0.727. The highest BCUT2D eigenvalue weighted by atomic mass is 32.2. The molecule has 62 valence electrons. The SMILES string of the molecule is CS(=O)CCOCCCN. The van der Waals surface area contributed by atoms with E-state index in [0.717, 1.165) is 6.42 Å². The fourth-order valence-electron chi connectivity index (χ4n) is 0.464. The molecule has 10 heavy (non-hydrogen) atoms. The molecule has 0 aromatic carbocycles. The van der Waals surface area contributed by atoms with Crippen LogP contribution in [0.2, 0.25) is 0 Å². The molecule has 0 amide bonds. The molecule has 0 aromatic heterocycles. The maximum absolute atomic E-state index is 10.5. The van der Waals surface area contributed by atoms with Gasteiger partial charge >= 0.3 is 0 Å². The van der Waals surface area contributed by atoms with Crippen molar-refractivity contribution in [1.29, 1.82) is 0 Å². The molecule has 3 nitrogen and oxygen atoms in total. The summed E-state index contributed by atoms with van der Waals surface area (Å²) in [5.74, 6) is 0.630. The van der Waals surface area contributed by atoms with Gasteiger partial charge in [-0.3, -0.25) is 4.21 Å². The van der Waals surface area contributed by atoms with E-state index in [9.17, 15) is 4.21 Å². The maximum Gasteiger partial charge on any atom is 0.0581 e. The monoisotopic (exact) mass is 165 g/mol. The second kappa shape index (κ2) is 7.18. The van der Waals surface area contributed by atoms with Gasteiger partial charge in [-0.15, -0.1) is 0 Å². The van der Waals surface area contributed by atoms with Gasteiger partial charge in [-0.25, -0.2) is 0 Å². The van der Waals surface area contributed by atoms with Crippen molar-refractivity contribution < 1.29 is 8.95 Å². The molecule has 0 bridgehead atoms. The summed E-state index contributed by atoms with van der Waals surface area (Å²) >= 11 is 0. The molecule has 1 atom stereocenters. The number of hydrogen-bond acceptors (Lipinski definition) is 3. The van der Waals surface area contributed by atoms with E-state index in [1.54, 1.807) is 6.26 Å². The van der Waals surface area contributed by atoms with Crippen LogP contribution in [0.1, 0.15) is 6.42 Å². The Kier molecular flexibility index (Phi) is 7.23. The second-order valence-electron chi connectivity index (χ2n) is 2.03. The van der Waals surface area contributed by atoms with Crippen LogP contribution in [0.4, 0.5) is 0 Å². The topological polar surface area (TPSA) is 52.3 Å². The molecule has 0 fully saturated rings. The van der Waals surface area contributed by atoms with Gasteiger partial charge in [0.2, 0.25) is 0 Å². The fourth-order valence-corrected chi connectivity index (χ4v) is 0.816. The molecule has 0 radical (unpaired) electrons. The van der Waals surface area contributed by atoms with Crippen LogP contribution in [0.5, 0.6) is 0 Å². The van der Waals surface area contributed by atoms with Crippen LogP contribution in [0.3, 0.4) is 0 Å². The average molecular weight is 165 g/mol. The third-order valence-corrected chi connectivity index (χ3v) is 1.75. The van der Waals surface area contributed by atoms with Crippen LogP contribution in [-0.2, 0) is 15.5 Å². The standard InChI is InChI=1S/C6H15NO2S/c1-10(8)6-5-9-4-2-3-7/h2-7H2,1H3. The van der Waals surface area contributed by atoms with Crippen molar-refractivity contribution in [1.82, 2.24) is 0 Å². The molecule has 0 saturated heterocycles. The van der Waals surface area contributed by atoms with Gasteiger partial charge in [0.15, 0.2) is 0 Å². The molecule has 0 rings (SSSR count). The summed E-state index contributed by atoms with van der Waals surface area (Å²) in [6.07, 6.45) is 2.56. The molecule has 0 spiro atoms. The minimum absolute atomic E-state index is 0.586. The summed E-state index contributed by atoms with van der Waals surface area (Å²) in [5, 5.41) is 0. The first-order chi connectivity index (χ1) is 4.77. The predicted octanol–water partition coefficient (Wildman–Crippen LogP) is -0.270. The lowest BCUT2D eigenvalue weighted by Gasteiger charge is -1.99. The number of ether oxygens (including phenoxy) is 1.